The zero-order valence-electron chi connectivity index (χ0n) is 9.99. The van der Waals surface area contributed by atoms with Crippen LogP contribution >= 0.6 is 0 Å². The Morgan fingerprint density at radius 2 is 2.35 bits per heavy atom. The molecular formula is C13H17NO3. The third-order valence-corrected chi connectivity index (χ3v) is 3.51. The topological polar surface area (TPSA) is 39.7 Å². The molecule has 1 atom stereocenters. The number of benzene rings is 1. The lowest BCUT2D eigenvalue weighted by molar-refractivity contribution is -0.0171. The Balaban J connectivity index is 2.07. The predicted molar refractivity (Wildman–Crippen MR) is 63.5 cm³/mol. The van der Waals surface area contributed by atoms with Gasteiger partial charge in [0.25, 0.3) is 0 Å². The molecule has 0 saturated carbocycles. The van der Waals surface area contributed by atoms with E-state index in [2.05, 4.69) is 5.32 Å². The Kier molecular flexibility index (Phi) is 2.91. The Hall–Kier alpha value is -1.26. The summed E-state index contributed by atoms with van der Waals surface area (Å²) in [6, 6.07) is 3.97. The van der Waals surface area contributed by atoms with Crippen LogP contribution < -0.4 is 14.8 Å². The summed E-state index contributed by atoms with van der Waals surface area (Å²) in [5.74, 6) is 2.40. The number of hydrogen-bond donors (Lipinski definition) is 1. The molecule has 0 bridgehead atoms. The van der Waals surface area contributed by atoms with Crippen LogP contribution in [0.5, 0.6) is 11.5 Å². The first-order valence-corrected chi connectivity index (χ1v) is 6.01. The maximum absolute atomic E-state index is 5.52. The van der Waals surface area contributed by atoms with Gasteiger partial charge in [0, 0.05) is 23.6 Å². The van der Waals surface area contributed by atoms with Crippen LogP contribution in [0.2, 0.25) is 0 Å². The Bertz CT molecular complexity index is 413. The molecule has 92 valence electrons. The summed E-state index contributed by atoms with van der Waals surface area (Å²) in [6.07, 6.45) is 1.15. The molecule has 4 nitrogen and oxygen atoms in total. The first kappa shape index (κ1) is 10.9. The molecule has 1 N–H and O–H groups in total. The molecule has 0 amide bonds. The van der Waals surface area contributed by atoms with E-state index < -0.39 is 0 Å². The van der Waals surface area contributed by atoms with Crippen molar-refractivity contribution in [2.24, 2.45) is 0 Å². The first-order valence-electron chi connectivity index (χ1n) is 6.01. The van der Waals surface area contributed by atoms with Gasteiger partial charge in [-0.1, -0.05) is 0 Å². The van der Waals surface area contributed by atoms with Gasteiger partial charge in [-0.2, -0.15) is 0 Å². The van der Waals surface area contributed by atoms with E-state index in [1.165, 1.54) is 5.56 Å². The van der Waals surface area contributed by atoms with E-state index in [0.717, 1.165) is 36.6 Å². The van der Waals surface area contributed by atoms with Crippen molar-refractivity contribution in [1.82, 2.24) is 5.32 Å². The standard InChI is InChI=1S/C13H17NO3/c1-15-12-3-2-11-10(7-16-8-17-11)13(12)9-4-5-14-6-9/h2-3,9,14H,4-8H2,1H3. The second kappa shape index (κ2) is 4.55. The van der Waals surface area contributed by atoms with Crippen LogP contribution in [0.25, 0.3) is 0 Å². The van der Waals surface area contributed by atoms with E-state index in [9.17, 15) is 0 Å². The SMILES string of the molecule is COc1ccc2c(c1C1CCNC1)COCO2. The smallest absolute Gasteiger partial charge is 0.189 e. The average molecular weight is 235 g/mol. The van der Waals surface area contributed by atoms with Gasteiger partial charge >= 0.3 is 0 Å². The maximum Gasteiger partial charge on any atom is 0.189 e. The van der Waals surface area contributed by atoms with Gasteiger partial charge in [-0.3, -0.25) is 0 Å². The molecule has 0 aromatic heterocycles. The number of fused-ring (bicyclic) bond motifs is 1. The lowest BCUT2D eigenvalue weighted by Crippen LogP contribution is -2.16. The average Bonchev–Trinajstić information content (AvgIpc) is 2.91. The van der Waals surface area contributed by atoms with Gasteiger partial charge in [0.2, 0.25) is 0 Å². The Morgan fingerprint density at radius 1 is 1.41 bits per heavy atom. The summed E-state index contributed by atoms with van der Waals surface area (Å²) in [4.78, 5) is 0. The quantitative estimate of drug-likeness (QED) is 0.846. The molecule has 2 aliphatic rings. The largest absolute Gasteiger partial charge is 0.496 e. The van der Waals surface area contributed by atoms with Crippen molar-refractivity contribution in [3.63, 3.8) is 0 Å². The van der Waals surface area contributed by atoms with E-state index in [1.54, 1.807) is 7.11 Å². The van der Waals surface area contributed by atoms with Gasteiger partial charge in [0.1, 0.15) is 11.5 Å². The molecule has 17 heavy (non-hydrogen) atoms. The number of ether oxygens (including phenoxy) is 3. The van der Waals surface area contributed by atoms with Gasteiger partial charge in [-0.05, 0) is 25.1 Å². The van der Waals surface area contributed by atoms with Gasteiger partial charge in [0.05, 0.1) is 13.7 Å². The van der Waals surface area contributed by atoms with Gasteiger partial charge in [-0.25, -0.2) is 0 Å². The van der Waals surface area contributed by atoms with E-state index in [0.29, 0.717) is 19.3 Å². The van der Waals surface area contributed by atoms with Crippen molar-refractivity contribution in [3.05, 3.63) is 23.3 Å². The third kappa shape index (κ3) is 1.87. The molecular weight excluding hydrogens is 218 g/mol. The summed E-state index contributed by atoms with van der Waals surface area (Å²) in [7, 11) is 1.72. The van der Waals surface area contributed by atoms with Gasteiger partial charge in [0.15, 0.2) is 6.79 Å². The summed E-state index contributed by atoms with van der Waals surface area (Å²) in [5, 5.41) is 3.39. The van der Waals surface area contributed by atoms with Gasteiger partial charge in [-0.15, -0.1) is 0 Å². The molecule has 4 heteroatoms. The summed E-state index contributed by atoms with van der Waals surface area (Å²) >= 11 is 0. The minimum Gasteiger partial charge on any atom is -0.496 e. The highest BCUT2D eigenvalue weighted by Crippen LogP contribution is 2.39. The fourth-order valence-corrected chi connectivity index (χ4v) is 2.68. The minimum absolute atomic E-state index is 0.349. The lowest BCUT2D eigenvalue weighted by Gasteiger charge is -2.24. The monoisotopic (exact) mass is 235 g/mol. The Morgan fingerprint density at radius 3 is 3.12 bits per heavy atom. The van der Waals surface area contributed by atoms with Crippen LogP contribution in [0.3, 0.4) is 0 Å². The fraction of sp³-hybridized carbons (Fsp3) is 0.538. The minimum atomic E-state index is 0.349. The highest BCUT2D eigenvalue weighted by molar-refractivity contribution is 5.51. The van der Waals surface area contributed by atoms with E-state index in [1.807, 2.05) is 12.1 Å². The lowest BCUT2D eigenvalue weighted by atomic mass is 9.92. The predicted octanol–water partition coefficient (Wildman–Crippen LogP) is 1.64. The number of nitrogens with one attached hydrogen (secondary N) is 1. The molecule has 0 aliphatic carbocycles. The Labute approximate surface area is 101 Å². The third-order valence-electron chi connectivity index (χ3n) is 3.51. The molecule has 2 heterocycles. The van der Waals surface area contributed by atoms with Crippen molar-refractivity contribution in [2.45, 2.75) is 18.9 Å². The fourth-order valence-electron chi connectivity index (χ4n) is 2.68. The molecule has 2 aliphatic heterocycles. The van der Waals surface area contributed by atoms with Crippen molar-refractivity contribution < 1.29 is 14.2 Å². The number of rotatable bonds is 2. The van der Waals surface area contributed by atoms with Crippen LogP contribution in [0, 0.1) is 0 Å². The molecule has 1 aromatic rings. The van der Waals surface area contributed by atoms with E-state index >= 15 is 0 Å². The van der Waals surface area contributed by atoms with E-state index in [-0.39, 0.29) is 0 Å². The second-order valence-corrected chi connectivity index (χ2v) is 4.46. The maximum atomic E-state index is 5.52. The molecule has 1 saturated heterocycles. The zero-order valence-corrected chi connectivity index (χ0v) is 9.99. The van der Waals surface area contributed by atoms with Crippen LogP contribution in [0.15, 0.2) is 12.1 Å². The molecule has 1 aromatic carbocycles. The van der Waals surface area contributed by atoms with Crippen LogP contribution in [0.4, 0.5) is 0 Å². The summed E-state index contributed by atoms with van der Waals surface area (Å²) in [5.41, 5.74) is 2.42. The van der Waals surface area contributed by atoms with Crippen molar-refractivity contribution in [1.29, 1.82) is 0 Å². The van der Waals surface area contributed by atoms with Crippen LogP contribution in [-0.4, -0.2) is 27.0 Å². The van der Waals surface area contributed by atoms with Crippen LogP contribution in [0.1, 0.15) is 23.5 Å². The molecule has 1 fully saturated rings. The molecule has 0 spiro atoms. The highest BCUT2D eigenvalue weighted by atomic mass is 16.7. The van der Waals surface area contributed by atoms with Crippen molar-refractivity contribution >= 4 is 0 Å². The second-order valence-electron chi connectivity index (χ2n) is 4.46. The normalized spacial score (nSPS) is 23.0. The van der Waals surface area contributed by atoms with E-state index in [4.69, 9.17) is 14.2 Å². The number of methoxy groups -OCH3 is 1. The molecule has 3 rings (SSSR count). The zero-order chi connectivity index (χ0) is 11.7. The first-order chi connectivity index (χ1) is 8.40. The summed E-state index contributed by atoms with van der Waals surface area (Å²) in [6.45, 7) is 3.05. The molecule has 1 unspecified atom stereocenters. The van der Waals surface area contributed by atoms with Crippen molar-refractivity contribution in [3.8, 4) is 11.5 Å². The van der Waals surface area contributed by atoms with Gasteiger partial charge < -0.3 is 19.5 Å². The molecule has 0 radical (unpaired) electrons. The summed E-state index contributed by atoms with van der Waals surface area (Å²) < 4.78 is 16.4. The highest BCUT2D eigenvalue weighted by Gasteiger charge is 2.27. The van der Waals surface area contributed by atoms with Crippen molar-refractivity contribution in [2.75, 3.05) is 27.0 Å². The van der Waals surface area contributed by atoms with Crippen LogP contribution in [-0.2, 0) is 11.3 Å². The number of hydrogen-bond acceptors (Lipinski definition) is 4.